The summed E-state index contributed by atoms with van der Waals surface area (Å²) < 4.78 is 39.9. The Labute approximate surface area is 120 Å². The fraction of sp³-hybridized carbons (Fsp3) is 0.250. The Morgan fingerprint density at radius 2 is 2.20 bits per heavy atom. The van der Waals surface area contributed by atoms with Gasteiger partial charge in [-0.15, -0.1) is 11.3 Å². The van der Waals surface area contributed by atoms with Gasteiger partial charge < -0.3 is 5.11 Å². The molecule has 20 heavy (non-hydrogen) atoms. The van der Waals surface area contributed by atoms with Crippen molar-refractivity contribution < 1.29 is 17.9 Å². The highest BCUT2D eigenvalue weighted by Gasteiger charge is 2.19. The Morgan fingerprint density at radius 1 is 1.45 bits per heavy atom. The van der Waals surface area contributed by atoms with Crippen molar-refractivity contribution in [2.75, 3.05) is 0 Å². The van der Waals surface area contributed by atoms with Crippen LogP contribution in [-0.4, -0.2) is 18.5 Å². The van der Waals surface area contributed by atoms with Gasteiger partial charge in [0.1, 0.15) is 5.82 Å². The number of benzene rings is 1. The van der Waals surface area contributed by atoms with Crippen LogP contribution in [0.25, 0.3) is 0 Å². The maximum absolute atomic E-state index is 13.2. The predicted molar refractivity (Wildman–Crippen MR) is 73.2 cm³/mol. The Kier molecular flexibility index (Phi) is 4.48. The van der Waals surface area contributed by atoms with Crippen molar-refractivity contribution in [2.45, 2.75) is 25.0 Å². The van der Waals surface area contributed by atoms with Crippen LogP contribution in [0.2, 0.25) is 0 Å². The monoisotopic (exact) mass is 316 g/mol. The molecule has 5 nitrogen and oxygen atoms in total. The first kappa shape index (κ1) is 15.0. The van der Waals surface area contributed by atoms with Gasteiger partial charge in [-0.3, -0.25) is 0 Å². The summed E-state index contributed by atoms with van der Waals surface area (Å²) in [6.07, 6.45) is 0. The lowest BCUT2D eigenvalue weighted by Crippen LogP contribution is -2.24. The van der Waals surface area contributed by atoms with Crippen molar-refractivity contribution in [1.82, 2.24) is 9.71 Å². The predicted octanol–water partition coefficient (Wildman–Crippen LogP) is 1.56. The third-order valence-corrected chi connectivity index (χ3v) is 5.18. The highest BCUT2D eigenvalue weighted by Crippen LogP contribution is 2.19. The standard InChI is InChI=1S/C12H13FN2O3S2/c1-8-11(19-7-14-8)5-15-20(17,18)12-4-10(13)3-2-9(12)6-16/h2-4,7,15-16H,5-6H2,1H3. The van der Waals surface area contributed by atoms with Crippen LogP contribution in [0.1, 0.15) is 16.1 Å². The molecule has 0 atom stereocenters. The zero-order chi connectivity index (χ0) is 14.8. The molecule has 0 unspecified atom stereocenters. The normalized spacial score (nSPS) is 11.8. The van der Waals surface area contributed by atoms with Gasteiger partial charge in [0, 0.05) is 11.4 Å². The van der Waals surface area contributed by atoms with Crippen LogP contribution in [0.5, 0.6) is 0 Å². The fourth-order valence-electron chi connectivity index (χ4n) is 1.64. The first-order chi connectivity index (χ1) is 9.44. The van der Waals surface area contributed by atoms with Crippen LogP contribution in [0.3, 0.4) is 0 Å². The van der Waals surface area contributed by atoms with E-state index >= 15 is 0 Å². The SMILES string of the molecule is Cc1ncsc1CNS(=O)(=O)c1cc(F)ccc1CO. The lowest BCUT2D eigenvalue weighted by atomic mass is 10.2. The fourth-order valence-corrected chi connectivity index (χ4v) is 3.69. The first-order valence-electron chi connectivity index (χ1n) is 5.72. The minimum absolute atomic E-state index is 0.0835. The van der Waals surface area contributed by atoms with Gasteiger partial charge in [-0.2, -0.15) is 0 Å². The van der Waals surface area contributed by atoms with Crippen LogP contribution in [0, 0.1) is 12.7 Å². The van der Waals surface area contributed by atoms with Crippen LogP contribution >= 0.6 is 11.3 Å². The molecule has 0 aliphatic heterocycles. The second-order valence-electron chi connectivity index (χ2n) is 4.10. The summed E-state index contributed by atoms with van der Waals surface area (Å²) in [5, 5.41) is 9.15. The zero-order valence-corrected chi connectivity index (χ0v) is 12.3. The average molecular weight is 316 g/mol. The van der Waals surface area contributed by atoms with Crippen LogP contribution in [-0.2, 0) is 23.2 Å². The number of thiazole rings is 1. The molecule has 8 heteroatoms. The minimum Gasteiger partial charge on any atom is -0.392 e. The van der Waals surface area contributed by atoms with Gasteiger partial charge in [0.05, 0.1) is 22.7 Å². The number of halogens is 1. The molecular formula is C12H13FN2O3S2. The molecular weight excluding hydrogens is 303 g/mol. The maximum Gasteiger partial charge on any atom is 0.241 e. The number of nitrogens with one attached hydrogen (secondary N) is 1. The van der Waals surface area contributed by atoms with E-state index < -0.39 is 22.4 Å². The van der Waals surface area contributed by atoms with Crippen molar-refractivity contribution in [1.29, 1.82) is 0 Å². The average Bonchev–Trinajstić information content (AvgIpc) is 2.82. The molecule has 2 rings (SSSR count). The number of sulfonamides is 1. The van der Waals surface area contributed by atoms with Crippen molar-refractivity contribution in [2.24, 2.45) is 0 Å². The van der Waals surface area contributed by atoms with Crippen LogP contribution in [0.15, 0.2) is 28.6 Å². The van der Waals surface area contributed by atoms with Crippen LogP contribution < -0.4 is 4.72 Å². The minimum atomic E-state index is -3.89. The van der Waals surface area contributed by atoms with Gasteiger partial charge in [-0.1, -0.05) is 6.07 Å². The van der Waals surface area contributed by atoms with Gasteiger partial charge >= 0.3 is 0 Å². The molecule has 1 aromatic carbocycles. The number of aliphatic hydroxyl groups is 1. The number of rotatable bonds is 5. The summed E-state index contributed by atoms with van der Waals surface area (Å²) in [6.45, 7) is 1.39. The summed E-state index contributed by atoms with van der Waals surface area (Å²) in [4.78, 5) is 4.56. The van der Waals surface area contributed by atoms with E-state index in [0.29, 0.717) is 0 Å². The Bertz CT molecular complexity index is 713. The van der Waals surface area contributed by atoms with Crippen molar-refractivity contribution in [3.8, 4) is 0 Å². The van der Waals surface area contributed by atoms with E-state index in [1.807, 2.05) is 0 Å². The number of hydrogen-bond donors (Lipinski definition) is 2. The smallest absolute Gasteiger partial charge is 0.241 e. The van der Waals surface area contributed by atoms with E-state index in [0.717, 1.165) is 22.7 Å². The molecule has 108 valence electrons. The molecule has 1 heterocycles. The number of aryl methyl sites for hydroxylation is 1. The maximum atomic E-state index is 13.2. The van der Waals surface area contributed by atoms with E-state index in [4.69, 9.17) is 5.11 Å². The van der Waals surface area contributed by atoms with E-state index in [-0.39, 0.29) is 17.0 Å². The van der Waals surface area contributed by atoms with E-state index in [1.165, 1.54) is 17.4 Å². The molecule has 0 saturated heterocycles. The third-order valence-electron chi connectivity index (χ3n) is 2.76. The molecule has 2 aromatic rings. The van der Waals surface area contributed by atoms with Gasteiger partial charge in [-0.05, 0) is 24.6 Å². The zero-order valence-electron chi connectivity index (χ0n) is 10.6. The molecule has 0 amide bonds. The summed E-state index contributed by atoms with van der Waals surface area (Å²) in [5.74, 6) is -0.670. The Morgan fingerprint density at radius 3 is 2.80 bits per heavy atom. The number of hydrogen-bond acceptors (Lipinski definition) is 5. The van der Waals surface area contributed by atoms with Crippen molar-refractivity contribution in [3.63, 3.8) is 0 Å². The largest absolute Gasteiger partial charge is 0.392 e. The Hall–Kier alpha value is -1.35. The van der Waals surface area contributed by atoms with Gasteiger partial charge in [0.2, 0.25) is 10.0 Å². The van der Waals surface area contributed by atoms with Gasteiger partial charge in [0.25, 0.3) is 0 Å². The summed E-state index contributed by atoms with van der Waals surface area (Å²) in [7, 11) is -3.89. The molecule has 0 spiro atoms. The third kappa shape index (κ3) is 3.21. The quantitative estimate of drug-likeness (QED) is 0.877. The lowest BCUT2D eigenvalue weighted by Gasteiger charge is -2.10. The summed E-state index contributed by atoms with van der Waals surface area (Å²) >= 11 is 1.34. The molecule has 0 aliphatic carbocycles. The van der Waals surface area contributed by atoms with Crippen molar-refractivity contribution in [3.05, 3.63) is 45.7 Å². The van der Waals surface area contributed by atoms with Crippen LogP contribution in [0.4, 0.5) is 4.39 Å². The second kappa shape index (κ2) is 5.96. The van der Waals surface area contributed by atoms with E-state index in [9.17, 15) is 12.8 Å². The molecule has 2 N–H and O–H groups in total. The highest BCUT2D eigenvalue weighted by atomic mass is 32.2. The molecule has 0 aliphatic rings. The summed E-state index contributed by atoms with van der Waals surface area (Å²) in [5.41, 5.74) is 2.53. The first-order valence-corrected chi connectivity index (χ1v) is 8.08. The number of aliphatic hydroxyl groups excluding tert-OH is 1. The van der Waals surface area contributed by atoms with E-state index in [2.05, 4.69) is 9.71 Å². The van der Waals surface area contributed by atoms with Gasteiger partial charge in [0.15, 0.2) is 0 Å². The number of nitrogens with zero attached hydrogens (tertiary/aromatic N) is 1. The van der Waals surface area contributed by atoms with E-state index in [1.54, 1.807) is 12.4 Å². The van der Waals surface area contributed by atoms with Crippen molar-refractivity contribution >= 4 is 21.4 Å². The molecule has 0 fully saturated rings. The molecule has 1 aromatic heterocycles. The topological polar surface area (TPSA) is 79.3 Å². The molecule has 0 radical (unpaired) electrons. The molecule has 0 bridgehead atoms. The summed E-state index contributed by atoms with van der Waals surface area (Å²) in [6, 6.07) is 3.26. The lowest BCUT2D eigenvalue weighted by molar-refractivity contribution is 0.278. The molecule has 0 saturated carbocycles. The number of aromatic nitrogens is 1. The highest BCUT2D eigenvalue weighted by molar-refractivity contribution is 7.89. The van der Waals surface area contributed by atoms with Gasteiger partial charge in [-0.25, -0.2) is 22.5 Å². The Balaban J connectivity index is 2.26. The second-order valence-corrected chi connectivity index (χ2v) is 6.77.